The number of carboxylic acids is 1. The number of imidazole rings is 1. The molecule has 0 spiro atoms. The summed E-state index contributed by atoms with van der Waals surface area (Å²) in [5.74, 6) is 0.783. The summed E-state index contributed by atoms with van der Waals surface area (Å²) in [5, 5.41) is 9.00. The van der Waals surface area contributed by atoms with Crippen LogP contribution < -0.4 is 0 Å². The van der Waals surface area contributed by atoms with Crippen molar-refractivity contribution in [1.82, 2.24) is 9.97 Å². The fourth-order valence-electron chi connectivity index (χ4n) is 2.82. The third kappa shape index (κ3) is 2.52. The third-order valence-electron chi connectivity index (χ3n) is 3.82. The Kier molecular flexibility index (Phi) is 3.07. The molecule has 4 heteroatoms. The number of carbonyl (C=O) groups is 1. The highest BCUT2D eigenvalue weighted by molar-refractivity contribution is 5.87. The minimum absolute atomic E-state index is 0.392. The average Bonchev–Trinajstić information content (AvgIpc) is 2.91. The van der Waals surface area contributed by atoms with Crippen LogP contribution in [0.2, 0.25) is 0 Å². The minimum Gasteiger partial charge on any atom is -0.478 e. The van der Waals surface area contributed by atoms with Crippen molar-refractivity contribution in [3.8, 4) is 0 Å². The second-order valence-electron chi connectivity index (χ2n) is 5.14. The molecule has 0 radical (unpaired) electrons. The number of nitrogens with zero attached hydrogens (tertiary/aromatic N) is 1. The van der Waals surface area contributed by atoms with Crippen LogP contribution in [0.3, 0.4) is 0 Å². The van der Waals surface area contributed by atoms with Crippen molar-refractivity contribution in [3.05, 3.63) is 53.1 Å². The van der Waals surface area contributed by atoms with Gasteiger partial charge in [-0.2, -0.15) is 0 Å². The lowest BCUT2D eigenvalue weighted by Crippen LogP contribution is -2.17. The summed E-state index contributed by atoms with van der Waals surface area (Å²) in [6, 6.07) is 5.49. The quantitative estimate of drug-likeness (QED) is 0.886. The van der Waals surface area contributed by atoms with E-state index in [9.17, 15) is 4.79 Å². The Morgan fingerprint density at radius 1 is 1.42 bits per heavy atom. The van der Waals surface area contributed by atoms with Crippen LogP contribution >= 0.6 is 0 Å². The molecule has 98 valence electrons. The fraction of sp³-hybridized carbons (Fsp3) is 0.333. The molecule has 1 aromatic heterocycles. The van der Waals surface area contributed by atoms with Crippen molar-refractivity contribution in [2.45, 2.75) is 25.7 Å². The molecule has 0 bridgehead atoms. The van der Waals surface area contributed by atoms with Crippen LogP contribution in [0.15, 0.2) is 30.6 Å². The number of carboxylic acid groups (broad SMARTS) is 1. The van der Waals surface area contributed by atoms with E-state index in [1.165, 1.54) is 11.1 Å². The number of hydrogen-bond acceptors (Lipinski definition) is 2. The molecule has 0 aliphatic heterocycles. The lowest BCUT2D eigenvalue weighted by atomic mass is 9.81. The molecule has 0 saturated carbocycles. The molecule has 1 heterocycles. The number of aromatic amines is 1. The van der Waals surface area contributed by atoms with Crippen LogP contribution in [-0.2, 0) is 19.3 Å². The lowest BCUT2D eigenvalue weighted by Gasteiger charge is -2.24. The predicted octanol–water partition coefficient (Wildman–Crippen LogP) is 2.46. The number of hydrogen-bond donors (Lipinski definition) is 2. The Labute approximate surface area is 111 Å². The first-order valence-electron chi connectivity index (χ1n) is 6.55. The van der Waals surface area contributed by atoms with E-state index in [0.29, 0.717) is 11.5 Å². The number of benzene rings is 1. The molecule has 4 nitrogen and oxygen atoms in total. The molecular weight excluding hydrogens is 240 g/mol. The number of fused-ring (bicyclic) bond motifs is 1. The van der Waals surface area contributed by atoms with E-state index < -0.39 is 5.97 Å². The maximum atomic E-state index is 11.0. The molecule has 2 aromatic rings. The van der Waals surface area contributed by atoms with E-state index in [0.717, 1.165) is 31.5 Å². The highest BCUT2D eigenvalue weighted by Crippen LogP contribution is 2.28. The molecule has 0 fully saturated rings. The van der Waals surface area contributed by atoms with Gasteiger partial charge in [0, 0.05) is 18.8 Å². The summed E-state index contributed by atoms with van der Waals surface area (Å²) in [7, 11) is 0. The summed E-state index contributed by atoms with van der Waals surface area (Å²) >= 11 is 0. The molecular formula is C15H16N2O2. The van der Waals surface area contributed by atoms with Crippen LogP contribution in [0, 0.1) is 5.92 Å². The fourth-order valence-corrected chi connectivity index (χ4v) is 2.82. The number of aromatic nitrogens is 2. The standard InChI is InChI=1S/C15H16N2O2/c18-15(19)13-4-3-11-7-10(1-2-12(11)9-13)8-14-16-5-6-17-14/h3-6,9-10H,1-2,7-8H2,(H,16,17)(H,18,19). The van der Waals surface area contributed by atoms with Crippen molar-refractivity contribution >= 4 is 5.97 Å². The zero-order valence-corrected chi connectivity index (χ0v) is 10.6. The summed E-state index contributed by atoms with van der Waals surface area (Å²) in [6.45, 7) is 0. The molecule has 1 aliphatic carbocycles. The second kappa shape index (κ2) is 4.88. The smallest absolute Gasteiger partial charge is 0.335 e. The SMILES string of the molecule is O=C(O)c1ccc2c(c1)CCC(Cc1ncc[nH]1)C2. The van der Waals surface area contributed by atoms with Crippen LogP contribution in [0.25, 0.3) is 0 Å². The van der Waals surface area contributed by atoms with Gasteiger partial charge in [-0.1, -0.05) is 6.07 Å². The molecule has 1 unspecified atom stereocenters. The summed E-state index contributed by atoms with van der Waals surface area (Å²) in [6.07, 6.45) is 7.66. The molecule has 1 aliphatic rings. The van der Waals surface area contributed by atoms with Crippen molar-refractivity contribution in [2.75, 3.05) is 0 Å². The molecule has 0 amide bonds. The Balaban J connectivity index is 1.75. The molecule has 1 atom stereocenters. The van der Waals surface area contributed by atoms with Gasteiger partial charge in [0.1, 0.15) is 5.82 Å². The van der Waals surface area contributed by atoms with Gasteiger partial charge in [-0.05, 0) is 48.4 Å². The Morgan fingerprint density at radius 2 is 2.32 bits per heavy atom. The lowest BCUT2D eigenvalue weighted by molar-refractivity contribution is 0.0696. The number of rotatable bonds is 3. The van der Waals surface area contributed by atoms with E-state index in [1.807, 2.05) is 18.3 Å². The summed E-state index contributed by atoms with van der Waals surface area (Å²) in [4.78, 5) is 18.4. The van der Waals surface area contributed by atoms with E-state index in [2.05, 4.69) is 9.97 Å². The maximum absolute atomic E-state index is 11.0. The molecule has 3 rings (SSSR count). The van der Waals surface area contributed by atoms with Crippen LogP contribution in [0.4, 0.5) is 0 Å². The zero-order chi connectivity index (χ0) is 13.2. The highest BCUT2D eigenvalue weighted by atomic mass is 16.4. The van der Waals surface area contributed by atoms with Gasteiger partial charge in [0.2, 0.25) is 0 Å². The number of aromatic carboxylic acids is 1. The number of nitrogens with one attached hydrogen (secondary N) is 1. The Bertz CT molecular complexity index is 590. The second-order valence-corrected chi connectivity index (χ2v) is 5.14. The van der Waals surface area contributed by atoms with E-state index in [1.54, 1.807) is 12.3 Å². The highest BCUT2D eigenvalue weighted by Gasteiger charge is 2.20. The molecule has 0 saturated heterocycles. The van der Waals surface area contributed by atoms with Crippen LogP contribution in [0.1, 0.15) is 33.7 Å². The minimum atomic E-state index is -0.847. The van der Waals surface area contributed by atoms with Crippen molar-refractivity contribution in [2.24, 2.45) is 5.92 Å². The van der Waals surface area contributed by atoms with E-state index >= 15 is 0 Å². The first kappa shape index (κ1) is 12.0. The first-order valence-corrected chi connectivity index (χ1v) is 6.55. The van der Waals surface area contributed by atoms with Gasteiger partial charge in [-0.3, -0.25) is 0 Å². The normalized spacial score (nSPS) is 18.0. The van der Waals surface area contributed by atoms with Gasteiger partial charge in [0.25, 0.3) is 0 Å². The predicted molar refractivity (Wildman–Crippen MR) is 71.2 cm³/mol. The topological polar surface area (TPSA) is 66.0 Å². The molecule has 19 heavy (non-hydrogen) atoms. The van der Waals surface area contributed by atoms with Crippen molar-refractivity contribution in [1.29, 1.82) is 0 Å². The van der Waals surface area contributed by atoms with Crippen molar-refractivity contribution < 1.29 is 9.90 Å². The number of H-pyrrole nitrogens is 1. The largest absolute Gasteiger partial charge is 0.478 e. The Morgan fingerprint density at radius 3 is 3.05 bits per heavy atom. The average molecular weight is 256 g/mol. The zero-order valence-electron chi connectivity index (χ0n) is 10.6. The monoisotopic (exact) mass is 256 g/mol. The van der Waals surface area contributed by atoms with Gasteiger partial charge in [0.15, 0.2) is 0 Å². The van der Waals surface area contributed by atoms with Crippen LogP contribution in [0.5, 0.6) is 0 Å². The van der Waals surface area contributed by atoms with Gasteiger partial charge in [-0.25, -0.2) is 9.78 Å². The molecule has 2 N–H and O–H groups in total. The summed E-state index contributed by atoms with van der Waals surface area (Å²) in [5.41, 5.74) is 2.87. The van der Waals surface area contributed by atoms with E-state index in [4.69, 9.17) is 5.11 Å². The Hall–Kier alpha value is -2.10. The summed E-state index contributed by atoms with van der Waals surface area (Å²) < 4.78 is 0. The van der Waals surface area contributed by atoms with Gasteiger partial charge in [-0.15, -0.1) is 0 Å². The first-order chi connectivity index (χ1) is 9.22. The number of aryl methyl sites for hydroxylation is 1. The van der Waals surface area contributed by atoms with Crippen LogP contribution in [-0.4, -0.2) is 21.0 Å². The van der Waals surface area contributed by atoms with Gasteiger partial charge in [0.05, 0.1) is 5.56 Å². The van der Waals surface area contributed by atoms with E-state index in [-0.39, 0.29) is 0 Å². The third-order valence-corrected chi connectivity index (χ3v) is 3.82. The maximum Gasteiger partial charge on any atom is 0.335 e. The van der Waals surface area contributed by atoms with Gasteiger partial charge < -0.3 is 10.1 Å². The van der Waals surface area contributed by atoms with Gasteiger partial charge >= 0.3 is 5.97 Å². The van der Waals surface area contributed by atoms with Crippen molar-refractivity contribution in [3.63, 3.8) is 0 Å². The molecule has 1 aromatic carbocycles.